The van der Waals surface area contributed by atoms with Crippen LogP contribution in [0.1, 0.15) is 19.4 Å². The van der Waals surface area contributed by atoms with Crippen molar-refractivity contribution >= 4 is 29.3 Å². The highest BCUT2D eigenvalue weighted by Crippen LogP contribution is 2.29. The summed E-state index contributed by atoms with van der Waals surface area (Å²) in [5.74, 6) is 1.55. The summed E-state index contributed by atoms with van der Waals surface area (Å²) in [6.07, 6.45) is 3.15. The summed E-state index contributed by atoms with van der Waals surface area (Å²) < 4.78 is 16.0. The third-order valence-corrected chi connectivity index (χ3v) is 3.69. The number of carbonyl (C=O) groups excluding carboxylic acids is 1. The zero-order valence-corrected chi connectivity index (χ0v) is 16.0. The van der Waals surface area contributed by atoms with Crippen molar-refractivity contribution in [1.29, 1.82) is 0 Å². The van der Waals surface area contributed by atoms with Gasteiger partial charge in [-0.25, -0.2) is 0 Å². The number of rotatable bonds is 7. The first-order valence-corrected chi connectivity index (χ1v) is 8.48. The smallest absolute Gasteiger partial charge is 0.248 e. The second-order valence-electron chi connectivity index (χ2n) is 5.75. The molecule has 2 aromatic carbocycles. The normalized spacial score (nSPS) is 10.8. The Morgan fingerprint density at radius 2 is 1.73 bits per heavy atom. The van der Waals surface area contributed by atoms with Crippen molar-refractivity contribution in [1.82, 2.24) is 0 Å². The number of hydrogen-bond donors (Lipinski definition) is 1. The number of ether oxygens (including phenoxy) is 3. The highest BCUT2D eigenvalue weighted by molar-refractivity contribution is 6.32. The van der Waals surface area contributed by atoms with Crippen LogP contribution in [0.15, 0.2) is 42.5 Å². The minimum absolute atomic E-state index is 0.0253. The maximum absolute atomic E-state index is 12.1. The lowest BCUT2D eigenvalue weighted by molar-refractivity contribution is -0.111. The maximum Gasteiger partial charge on any atom is 0.248 e. The van der Waals surface area contributed by atoms with Crippen LogP contribution < -0.4 is 19.5 Å². The fourth-order valence-electron chi connectivity index (χ4n) is 2.24. The van der Waals surface area contributed by atoms with Gasteiger partial charge in [0.2, 0.25) is 5.91 Å². The molecule has 1 amide bonds. The predicted octanol–water partition coefficient (Wildman–Crippen LogP) is 4.80. The fraction of sp³-hybridized carbons (Fsp3) is 0.250. The van der Waals surface area contributed by atoms with E-state index in [-0.39, 0.29) is 12.0 Å². The van der Waals surface area contributed by atoms with Gasteiger partial charge in [-0.1, -0.05) is 17.7 Å². The number of nitrogens with one attached hydrogen (secondary N) is 1. The van der Waals surface area contributed by atoms with Gasteiger partial charge in [0.05, 0.1) is 25.3 Å². The molecule has 26 heavy (non-hydrogen) atoms. The fourth-order valence-corrected chi connectivity index (χ4v) is 2.47. The van der Waals surface area contributed by atoms with Crippen LogP contribution in [0.3, 0.4) is 0 Å². The average molecular weight is 376 g/mol. The molecular formula is C20H22ClNO4. The van der Waals surface area contributed by atoms with E-state index < -0.39 is 0 Å². The summed E-state index contributed by atoms with van der Waals surface area (Å²) in [5, 5.41) is 3.21. The van der Waals surface area contributed by atoms with Crippen molar-refractivity contribution in [3.05, 3.63) is 53.1 Å². The summed E-state index contributed by atoms with van der Waals surface area (Å²) in [6, 6.07) is 10.5. The Morgan fingerprint density at radius 1 is 1.04 bits per heavy atom. The molecule has 138 valence electrons. The molecule has 0 aliphatic carbocycles. The van der Waals surface area contributed by atoms with Crippen LogP contribution >= 0.6 is 11.6 Å². The van der Waals surface area contributed by atoms with Gasteiger partial charge in [-0.15, -0.1) is 0 Å². The maximum atomic E-state index is 12.1. The summed E-state index contributed by atoms with van der Waals surface area (Å²) in [7, 11) is 3.14. The minimum atomic E-state index is -0.270. The molecule has 2 rings (SSSR count). The molecule has 0 fully saturated rings. The first-order chi connectivity index (χ1) is 12.4. The number of carbonyl (C=O) groups is 1. The second kappa shape index (κ2) is 9.15. The van der Waals surface area contributed by atoms with E-state index in [0.717, 1.165) is 5.56 Å². The molecule has 6 heteroatoms. The molecule has 0 bridgehead atoms. The Morgan fingerprint density at radius 3 is 2.35 bits per heavy atom. The number of halogens is 1. The van der Waals surface area contributed by atoms with E-state index in [2.05, 4.69) is 5.32 Å². The monoisotopic (exact) mass is 375 g/mol. The van der Waals surface area contributed by atoms with E-state index in [1.165, 1.54) is 6.08 Å². The topological polar surface area (TPSA) is 56.8 Å². The lowest BCUT2D eigenvalue weighted by Crippen LogP contribution is -2.09. The standard InChI is InChI=1S/C20H22ClNO4/c1-13(2)26-17-9-7-15(12-16(17)21)22-20(23)10-6-14-5-8-18(24-3)19(11-14)25-4/h5-13H,1-4H3,(H,22,23)/b10-6+. The molecule has 0 aromatic heterocycles. The van der Waals surface area contributed by atoms with Crippen LogP contribution in [0.4, 0.5) is 5.69 Å². The van der Waals surface area contributed by atoms with Gasteiger partial charge < -0.3 is 19.5 Å². The van der Waals surface area contributed by atoms with Crippen LogP contribution in [0.2, 0.25) is 5.02 Å². The Hall–Kier alpha value is -2.66. The van der Waals surface area contributed by atoms with Crippen molar-refractivity contribution in [2.24, 2.45) is 0 Å². The Labute approximate surface area is 158 Å². The minimum Gasteiger partial charge on any atom is -0.493 e. The highest BCUT2D eigenvalue weighted by atomic mass is 35.5. The first kappa shape index (κ1) is 19.7. The average Bonchev–Trinajstić information content (AvgIpc) is 2.61. The van der Waals surface area contributed by atoms with E-state index in [1.807, 2.05) is 19.9 Å². The summed E-state index contributed by atoms with van der Waals surface area (Å²) >= 11 is 6.17. The number of benzene rings is 2. The zero-order chi connectivity index (χ0) is 19.1. The Bertz CT molecular complexity index is 802. The zero-order valence-electron chi connectivity index (χ0n) is 15.2. The van der Waals surface area contributed by atoms with Gasteiger partial charge in [0.1, 0.15) is 5.75 Å². The molecule has 0 unspecified atom stereocenters. The van der Waals surface area contributed by atoms with E-state index in [9.17, 15) is 4.79 Å². The molecule has 0 spiro atoms. The van der Waals surface area contributed by atoms with Crippen molar-refractivity contribution < 1.29 is 19.0 Å². The molecular weight excluding hydrogens is 354 g/mol. The van der Waals surface area contributed by atoms with Gasteiger partial charge in [0.15, 0.2) is 11.5 Å². The number of methoxy groups -OCH3 is 2. The van der Waals surface area contributed by atoms with E-state index in [0.29, 0.717) is 28.0 Å². The quantitative estimate of drug-likeness (QED) is 0.706. The van der Waals surface area contributed by atoms with Crippen molar-refractivity contribution in [2.75, 3.05) is 19.5 Å². The SMILES string of the molecule is COc1ccc(/C=C/C(=O)Nc2ccc(OC(C)C)c(Cl)c2)cc1OC. The van der Waals surface area contributed by atoms with Crippen LogP contribution in [-0.4, -0.2) is 26.2 Å². The van der Waals surface area contributed by atoms with Crippen molar-refractivity contribution in [3.8, 4) is 17.2 Å². The van der Waals surface area contributed by atoms with E-state index in [1.54, 1.807) is 50.6 Å². The third-order valence-electron chi connectivity index (χ3n) is 3.40. The molecule has 0 atom stereocenters. The Balaban J connectivity index is 2.04. The van der Waals surface area contributed by atoms with Crippen LogP contribution in [0.25, 0.3) is 6.08 Å². The molecule has 0 saturated carbocycles. The largest absolute Gasteiger partial charge is 0.493 e. The van der Waals surface area contributed by atoms with Crippen molar-refractivity contribution in [2.45, 2.75) is 20.0 Å². The van der Waals surface area contributed by atoms with Crippen molar-refractivity contribution in [3.63, 3.8) is 0 Å². The number of amides is 1. The molecule has 0 heterocycles. The van der Waals surface area contributed by atoms with Gasteiger partial charge in [-0.05, 0) is 55.8 Å². The van der Waals surface area contributed by atoms with Gasteiger partial charge in [-0.2, -0.15) is 0 Å². The third kappa shape index (κ3) is 5.43. The van der Waals surface area contributed by atoms with Gasteiger partial charge >= 0.3 is 0 Å². The second-order valence-corrected chi connectivity index (χ2v) is 6.16. The molecule has 0 aliphatic heterocycles. The molecule has 0 saturated heterocycles. The summed E-state index contributed by atoms with van der Waals surface area (Å²) in [6.45, 7) is 3.84. The van der Waals surface area contributed by atoms with Crippen LogP contribution in [0, 0.1) is 0 Å². The summed E-state index contributed by atoms with van der Waals surface area (Å²) in [5.41, 5.74) is 1.41. The lowest BCUT2D eigenvalue weighted by Gasteiger charge is -2.12. The predicted molar refractivity (Wildman–Crippen MR) is 104 cm³/mol. The lowest BCUT2D eigenvalue weighted by atomic mass is 10.2. The molecule has 1 N–H and O–H groups in total. The first-order valence-electron chi connectivity index (χ1n) is 8.10. The highest BCUT2D eigenvalue weighted by Gasteiger charge is 2.07. The summed E-state index contributed by atoms with van der Waals surface area (Å²) in [4.78, 5) is 12.1. The van der Waals surface area contributed by atoms with E-state index >= 15 is 0 Å². The van der Waals surface area contributed by atoms with Gasteiger partial charge in [0, 0.05) is 11.8 Å². The molecule has 0 aliphatic rings. The van der Waals surface area contributed by atoms with Gasteiger partial charge in [0.25, 0.3) is 0 Å². The Kier molecular flexibility index (Phi) is 6.92. The van der Waals surface area contributed by atoms with Crippen LogP contribution in [0.5, 0.6) is 17.2 Å². The number of hydrogen-bond acceptors (Lipinski definition) is 4. The molecule has 5 nitrogen and oxygen atoms in total. The van der Waals surface area contributed by atoms with Gasteiger partial charge in [-0.3, -0.25) is 4.79 Å². The van der Waals surface area contributed by atoms with Crippen LogP contribution in [-0.2, 0) is 4.79 Å². The number of anilines is 1. The molecule has 0 radical (unpaired) electrons. The van der Waals surface area contributed by atoms with E-state index in [4.69, 9.17) is 25.8 Å². The molecule has 2 aromatic rings.